The highest BCUT2D eigenvalue weighted by atomic mass is 79.9. The number of halogens is 1. The molecule has 0 radical (unpaired) electrons. The maximum Gasteiger partial charge on any atom is 0.127 e. The summed E-state index contributed by atoms with van der Waals surface area (Å²) in [5, 5.41) is 9.16. The summed E-state index contributed by atoms with van der Waals surface area (Å²) in [4.78, 5) is 0. The molecule has 0 amide bonds. The molecule has 5 heteroatoms. The van der Waals surface area contributed by atoms with Crippen LogP contribution in [0.4, 0.5) is 0 Å². The van der Waals surface area contributed by atoms with E-state index < -0.39 is 12.1 Å². The van der Waals surface area contributed by atoms with Gasteiger partial charge in [0.05, 0.1) is 19.8 Å². The molecule has 0 bridgehead atoms. The van der Waals surface area contributed by atoms with Gasteiger partial charge in [-0.05, 0) is 37.5 Å². The van der Waals surface area contributed by atoms with Crippen molar-refractivity contribution in [2.45, 2.75) is 32.9 Å². The number of benzene rings is 1. The van der Waals surface area contributed by atoms with Gasteiger partial charge in [-0.3, -0.25) is 0 Å². The SMILES string of the molecule is COc1c(C)c(C)c(Br)c(C)c1C(N)C(N)CO. The van der Waals surface area contributed by atoms with Crippen LogP contribution < -0.4 is 16.2 Å². The second-order valence-corrected chi connectivity index (χ2v) is 5.30. The third-order valence-corrected chi connectivity index (χ3v) is 4.61. The Morgan fingerprint density at radius 2 is 1.72 bits per heavy atom. The normalized spacial score (nSPS) is 14.4. The first-order valence-electron chi connectivity index (χ1n) is 5.81. The van der Waals surface area contributed by atoms with E-state index in [0.29, 0.717) is 0 Å². The zero-order valence-corrected chi connectivity index (χ0v) is 12.8. The summed E-state index contributed by atoms with van der Waals surface area (Å²) >= 11 is 3.57. The van der Waals surface area contributed by atoms with E-state index in [1.54, 1.807) is 7.11 Å². The summed E-state index contributed by atoms with van der Waals surface area (Å²) in [6.07, 6.45) is 0. The van der Waals surface area contributed by atoms with Crippen molar-refractivity contribution in [3.63, 3.8) is 0 Å². The lowest BCUT2D eigenvalue weighted by molar-refractivity contribution is 0.248. The van der Waals surface area contributed by atoms with E-state index in [2.05, 4.69) is 15.9 Å². The number of aliphatic hydroxyl groups excluding tert-OH is 1. The van der Waals surface area contributed by atoms with Gasteiger partial charge in [0.2, 0.25) is 0 Å². The fourth-order valence-electron chi connectivity index (χ4n) is 2.10. The van der Waals surface area contributed by atoms with Gasteiger partial charge >= 0.3 is 0 Å². The van der Waals surface area contributed by atoms with E-state index in [1.165, 1.54) is 0 Å². The van der Waals surface area contributed by atoms with Gasteiger partial charge in [-0.15, -0.1) is 0 Å². The predicted molar refractivity (Wildman–Crippen MR) is 76.9 cm³/mol. The number of nitrogens with two attached hydrogens (primary N) is 2. The average Bonchev–Trinajstić information content (AvgIpc) is 2.38. The molecule has 2 unspecified atom stereocenters. The van der Waals surface area contributed by atoms with Crippen molar-refractivity contribution in [2.75, 3.05) is 13.7 Å². The van der Waals surface area contributed by atoms with Crippen LogP contribution in [-0.2, 0) is 0 Å². The lowest BCUT2D eigenvalue weighted by Crippen LogP contribution is -2.37. The molecule has 0 fully saturated rings. The standard InChI is InChI=1S/C13H21BrN2O2/c1-6-7(2)13(18-4)10(8(3)11(6)14)12(16)9(15)5-17/h9,12,17H,5,15-16H2,1-4H3. The third kappa shape index (κ3) is 2.54. The van der Waals surface area contributed by atoms with Crippen molar-refractivity contribution in [1.82, 2.24) is 0 Å². The fraction of sp³-hybridized carbons (Fsp3) is 0.538. The molecule has 2 atom stereocenters. The van der Waals surface area contributed by atoms with E-state index in [-0.39, 0.29) is 6.61 Å². The molecule has 1 aromatic carbocycles. The summed E-state index contributed by atoms with van der Waals surface area (Å²) in [5.41, 5.74) is 16.0. The molecule has 1 aromatic rings. The molecule has 4 nitrogen and oxygen atoms in total. The molecule has 0 heterocycles. The van der Waals surface area contributed by atoms with Gasteiger partial charge in [0, 0.05) is 16.1 Å². The number of rotatable bonds is 4. The Morgan fingerprint density at radius 3 is 2.17 bits per heavy atom. The summed E-state index contributed by atoms with van der Waals surface area (Å²) in [6.45, 7) is 5.82. The van der Waals surface area contributed by atoms with E-state index in [9.17, 15) is 0 Å². The van der Waals surface area contributed by atoms with Gasteiger partial charge in [-0.25, -0.2) is 0 Å². The maximum atomic E-state index is 9.16. The Kier molecular flexibility index (Phi) is 5.16. The molecule has 0 aliphatic rings. The first-order valence-corrected chi connectivity index (χ1v) is 6.61. The van der Waals surface area contributed by atoms with E-state index in [1.807, 2.05) is 20.8 Å². The summed E-state index contributed by atoms with van der Waals surface area (Å²) in [7, 11) is 1.62. The van der Waals surface area contributed by atoms with Crippen LogP contribution >= 0.6 is 15.9 Å². The second kappa shape index (κ2) is 6.02. The first-order chi connectivity index (χ1) is 8.36. The smallest absolute Gasteiger partial charge is 0.127 e. The largest absolute Gasteiger partial charge is 0.496 e. The Morgan fingerprint density at radius 1 is 1.17 bits per heavy atom. The van der Waals surface area contributed by atoms with Gasteiger partial charge in [0.15, 0.2) is 0 Å². The van der Waals surface area contributed by atoms with Crippen molar-refractivity contribution in [3.8, 4) is 5.75 Å². The van der Waals surface area contributed by atoms with Gasteiger partial charge in [0.25, 0.3) is 0 Å². The zero-order chi connectivity index (χ0) is 14.0. The lowest BCUT2D eigenvalue weighted by atomic mass is 9.91. The number of hydrogen-bond acceptors (Lipinski definition) is 4. The number of methoxy groups -OCH3 is 1. The quantitative estimate of drug-likeness (QED) is 0.789. The summed E-state index contributed by atoms with van der Waals surface area (Å²) in [5.74, 6) is 0.754. The maximum absolute atomic E-state index is 9.16. The van der Waals surface area contributed by atoms with Crippen molar-refractivity contribution in [1.29, 1.82) is 0 Å². The molecular weight excluding hydrogens is 296 g/mol. The van der Waals surface area contributed by atoms with Crippen molar-refractivity contribution >= 4 is 15.9 Å². The van der Waals surface area contributed by atoms with Gasteiger partial charge in [0.1, 0.15) is 5.75 Å². The molecule has 0 aliphatic carbocycles. The topological polar surface area (TPSA) is 81.5 Å². The predicted octanol–water partition coefficient (Wildman–Crippen LogP) is 1.70. The monoisotopic (exact) mass is 316 g/mol. The Hall–Kier alpha value is -0.620. The fourth-order valence-corrected chi connectivity index (χ4v) is 2.61. The molecule has 102 valence electrons. The highest BCUT2D eigenvalue weighted by Crippen LogP contribution is 2.39. The van der Waals surface area contributed by atoms with Crippen molar-refractivity contribution in [2.24, 2.45) is 11.5 Å². The Balaban J connectivity index is 3.51. The summed E-state index contributed by atoms with van der Waals surface area (Å²) in [6, 6.07) is -0.966. The van der Waals surface area contributed by atoms with E-state index >= 15 is 0 Å². The minimum atomic E-state index is -0.508. The van der Waals surface area contributed by atoms with E-state index in [0.717, 1.165) is 32.5 Å². The van der Waals surface area contributed by atoms with Crippen LogP contribution in [0, 0.1) is 20.8 Å². The molecule has 0 saturated heterocycles. The minimum absolute atomic E-state index is 0.158. The van der Waals surface area contributed by atoms with Gasteiger partial charge in [-0.2, -0.15) is 0 Å². The lowest BCUT2D eigenvalue weighted by Gasteiger charge is -2.25. The van der Waals surface area contributed by atoms with Gasteiger partial charge in [-0.1, -0.05) is 15.9 Å². The van der Waals surface area contributed by atoms with Crippen LogP contribution in [0.3, 0.4) is 0 Å². The first kappa shape index (κ1) is 15.4. The molecule has 0 spiro atoms. The third-order valence-electron chi connectivity index (χ3n) is 3.42. The average molecular weight is 317 g/mol. The van der Waals surface area contributed by atoms with Gasteiger partial charge < -0.3 is 21.3 Å². The molecular formula is C13H21BrN2O2. The highest BCUT2D eigenvalue weighted by molar-refractivity contribution is 9.10. The summed E-state index contributed by atoms with van der Waals surface area (Å²) < 4.78 is 6.48. The Labute approximate surface area is 116 Å². The molecule has 18 heavy (non-hydrogen) atoms. The van der Waals surface area contributed by atoms with Crippen LogP contribution in [0.1, 0.15) is 28.3 Å². The van der Waals surface area contributed by atoms with Crippen LogP contribution in [0.25, 0.3) is 0 Å². The molecule has 0 aliphatic heterocycles. The molecule has 5 N–H and O–H groups in total. The number of ether oxygens (including phenoxy) is 1. The Bertz CT molecular complexity index is 449. The van der Waals surface area contributed by atoms with Crippen molar-refractivity contribution in [3.05, 3.63) is 26.7 Å². The van der Waals surface area contributed by atoms with Crippen LogP contribution in [0.2, 0.25) is 0 Å². The minimum Gasteiger partial charge on any atom is -0.496 e. The van der Waals surface area contributed by atoms with Crippen LogP contribution in [0.15, 0.2) is 4.47 Å². The molecule has 0 saturated carbocycles. The van der Waals surface area contributed by atoms with E-state index in [4.69, 9.17) is 21.3 Å². The molecule has 1 rings (SSSR count). The molecule has 0 aromatic heterocycles. The van der Waals surface area contributed by atoms with Crippen molar-refractivity contribution < 1.29 is 9.84 Å². The van der Waals surface area contributed by atoms with Crippen LogP contribution in [0.5, 0.6) is 5.75 Å². The zero-order valence-electron chi connectivity index (χ0n) is 11.2. The highest BCUT2D eigenvalue weighted by Gasteiger charge is 2.25. The number of hydrogen-bond donors (Lipinski definition) is 3. The second-order valence-electron chi connectivity index (χ2n) is 4.51. The van der Waals surface area contributed by atoms with Crippen LogP contribution in [-0.4, -0.2) is 24.9 Å². The number of aliphatic hydroxyl groups is 1.